The molecule has 0 saturated heterocycles. The third-order valence-electron chi connectivity index (χ3n) is 2.85. The van der Waals surface area contributed by atoms with E-state index < -0.39 is 0 Å². The Morgan fingerprint density at radius 2 is 2.38 bits per heavy atom. The summed E-state index contributed by atoms with van der Waals surface area (Å²) in [5.74, 6) is 0. The number of hydrogen-bond donors (Lipinski definition) is 2. The molecule has 1 aromatic carbocycles. The highest BCUT2D eigenvalue weighted by molar-refractivity contribution is 9.10. The molecule has 0 bridgehead atoms. The number of nitrogens with zero attached hydrogens (tertiary/aromatic N) is 1. The SMILES string of the molecule is CNCCCN1CCNc2cc(Br)ccc21. The van der Waals surface area contributed by atoms with Gasteiger partial charge in [-0.1, -0.05) is 15.9 Å². The van der Waals surface area contributed by atoms with E-state index >= 15 is 0 Å². The summed E-state index contributed by atoms with van der Waals surface area (Å²) in [4.78, 5) is 2.45. The number of hydrogen-bond acceptors (Lipinski definition) is 3. The quantitative estimate of drug-likeness (QED) is 0.831. The standard InChI is InChI=1S/C12H18BrN3/c1-14-5-2-7-16-8-6-15-11-9-10(13)3-4-12(11)16/h3-4,9,14-15H,2,5-8H2,1H3. The number of nitrogens with one attached hydrogen (secondary N) is 2. The first-order chi connectivity index (χ1) is 7.81. The average Bonchev–Trinajstić information content (AvgIpc) is 2.29. The van der Waals surface area contributed by atoms with E-state index in [2.05, 4.69) is 49.7 Å². The highest BCUT2D eigenvalue weighted by Gasteiger charge is 2.15. The molecular formula is C12H18BrN3. The molecule has 1 aromatic rings. The number of anilines is 2. The van der Waals surface area contributed by atoms with Crippen LogP contribution < -0.4 is 15.5 Å². The van der Waals surface area contributed by atoms with Crippen molar-refractivity contribution in [2.75, 3.05) is 43.4 Å². The van der Waals surface area contributed by atoms with E-state index in [-0.39, 0.29) is 0 Å². The van der Waals surface area contributed by atoms with Gasteiger partial charge < -0.3 is 15.5 Å². The fourth-order valence-electron chi connectivity index (χ4n) is 2.05. The molecule has 16 heavy (non-hydrogen) atoms. The van der Waals surface area contributed by atoms with Crippen LogP contribution in [0.2, 0.25) is 0 Å². The van der Waals surface area contributed by atoms with Crippen molar-refractivity contribution in [1.29, 1.82) is 0 Å². The van der Waals surface area contributed by atoms with Crippen molar-refractivity contribution in [3.05, 3.63) is 22.7 Å². The first-order valence-corrected chi connectivity index (χ1v) is 6.53. The second-order valence-electron chi connectivity index (χ2n) is 4.03. The summed E-state index contributed by atoms with van der Waals surface area (Å²) in [6.07, 6.45) is 1.19. The molecule has 0 spiro atoms. The Balaban J connectivity index is 2.07. The summed E-state index contributed by atoms with van der Waals surface area (Å²) in [7, 11) is 2.00. The smallest absolute Gasteiger partial charge is 0.0603 e. The number of benzene rings is 1. The minimum atomic E-state index is 1.03. The van der Waals surface area contributed by atoms with Gasteiger partial charge >= 0.3 is 0 Å². The lowest BCUT2D eigenvalue weighted by molar-refractivity contribution is 0.682. The van der Waals surface area contributed by atoms with Crippen LogP contribution in [0, 0.1) is 0 Å². The summed E-state index contributed by atoms with van der Waals surface area (Å²) in [5.41, 5.74) is 2.57. The van der Waals surface area contributed by atoms with Crippen molar-refractivity contribution >= 4 is 27.3 Å². The number of halogens is 1. The van der Waals surface area contributed by atoms with Gasteiger partial charge in [-0.3, -0.25) is 0 Å². The molecule has 3 nitrogen and oxygen atoms in total. The van der Waals surface area contributed by atoms with E-state index in [1.807, 2.05) is 7.05 Å². The highest BCUT2D eigenvalue weighted by Crippen LogP contribution is 2.31. The Hall–Kier alpha value is -0.740. The van der Waals surface area contributed by atoms with E-state index in [1.165, 1.54) is 17.8 Å². The molecule has 0 atom stereocenters. The molecule has 2 rings (SSSR count). The second kappa shape index (κ2) is 5.55. The largest absolute Gasteiger partial charge is 0.382 e. The van der Waals surface area contributed by atoms with Crippen LogP contribution in [0.15, 0.2) is 22.7 Å². The number of rotatable bonds is 4. The molecule has 0 amide bonds. The molecule has 1 heterocycles. The lowest BCUT2D eigenvalue weighted by Crippen LogP contribution is -2.35. The minimum Gasteiger partial charge on any atom is -0.382 e. The fraction of sp³-hybridized carbons (Fsp3) is 0.500. The van der Waals surface area contributed by atoms with E-state index in [4.69, 9.17) is 0 Å². The van der Waals surface area contributed by atoms with Crippen molar-refractivity contribution in [1.82, 2.24) is 5.32 Å². The van der Waals surface area contributed by atoms with Gasteiger partial charge in [0.25, 0.3) is 0 Å². The van der Waals surface area contributed by atoms with E-state index in [9.17, 15) is 0 Å². The molecule has 4 heteroatoms. The summed E-state index contributed by atoms with van der Waals surface area (Å²) in [6.45, 7) is 4.33. The molecule has 0 saturated carbocycles. The van der Waals surface area contributed by atoms with Crippen LogP contribution in [-0.2, 0) is 0 Å². The summed E-state index contributed by atoms with van der Waals surface area (Å²) in [6, 6.07) is 6.45. The Morgan fingerprint density at radius 1 is 1.50 bits per heavy atom. The second-order valence-corrected chi connectivity index (χ2v) is 4.95. The molecule has 0 radical (unpaired) electrons. The van der Waals surface area contributed by atoms with Gasteiger partial charge in [0.1, 0.15) is 0 Å². The molecule has 0 aliphatic carbocycles. The first kappa shape index (κ1) is 11.7. The Labute approximate surface area is 105 Å². The van der Waals surface area contributed by atoms with Gasteiger partial charge in [-0.25, -0.2) is 0 Å². The molecule has 0 fully saturated rings. The van der Waals surface area contributed by atoms with Crippen molar-refractivity contribution in [3.63, 3.8) is 0 Å². The maximum absolute atomic E-state index is 3.51. The van der Waals surface area contributed by atoms with Crippen LogP contribution in [0.1, 0.15) is 6.42 Å². The van der Waals surface area contributed by atoms with E-state index in [0.29, 0.717) is 0 Å². The molecule has 1 aliphatic heterocycles. The zero-order valence-electron chi connectivity index (χ0n) is 9.59. The van der Waals surface area contributed by atoms with Crippen molar-refractivity contribution in [2.24, 2.45) is 0 Å². The van der Waals surface area contributed by atoms with Gasteiger partial charge in [-0.05, 0) is 38.2 Å². The minimum absolute atomic E-state index is 1.03. The van der Waals surface area contributed by atoms with Gasteiger partial charge in [0.05, 0.1) is 11.4 Å². The molecule has 1 aliphatic rings. The van der Waals surface area contributed by atoms with E-state index in [0.717, 1.165) is 30.7 Å². The Bertz CT molecular complexity index is 354. The third-order valence-corrected chi connectivity index (χ3v) is 3.34. The predicted molar refractivity (Wildman–Crippen MR) is 73.4 cm³/mol. The van der Waals surface area contributed by atoms with Gasteiger partial charge in [0.15, 0.2) is 0 Å². The maximum Gasteiger partial charge on any atom is 0.0603 e. The van der Waals surface area contributed by atoms with Crippen LogP contribution in [0.5, 0.6) is 0 Å². The molecular weight excluding hydrogens is 266 g/mol. The monoisotopic (exact) mass is 283 g/mol. The summed E-state index contributed by atoms with van der Waals surface area (Å²) >= 11 is 3.51. The highest BCUT2D eigenvalue weighted by atomic mass is 79.9. The van der Waals surface area contributed by atoms with Crippen molar-refractivity contribution in [3.8, 4) is 0 Å². The lowest BCUT2D eigenvalue weighted by Gasteiger charge is -2.32. The van der Waals surface area contributed by atoms with Gasteiger partial charge in [-0.15, -0.1) is 0 Å². The van der Waals surface area contributed by atoms with Gasteiger partial charge in [-0.2, -0.15) is 0 Å². The zero-order chi connectivity index (χ0) is 11.4. The summed E-state index contributed by atoms with van der Waals surface area (Å²) in [5, 5.41) is 6.63. The van der Waals surface area contributed by atoms with Crippen molar-refractivity contribution in [2.45, 2.75) is 6.42 Å². The van der Waals surface area contributed by atoms with Crippen LogP contribution in [-0.4, -0.2) is 33.2 Å². The van der Waals surface area contributed by atoms with Gasteiger partial charge in [0, 0.05) is 24.1 Å². The van der Waals surface area contributed by atoms with E-state index in [1.54, 1.807) is 0 Å². The third kappa shape index (κ3) is 2.68. The zero-order valence-corrected chi connectivity index (χ0v) is 11.2. The van der Waals surface area contributed by atoms with Crippen LogP contribution in [0.25, 0.3) is 0 Å². The van der Waals surface area contributed by atoms with Crippen LogP contribution >= 0.6 is 15.9 Å². The van der Waals surface area contributed by atoms with Crippen molar-refractivity contribution < 1.29 is 0 Å². The molecule has 88 valence electrons. The Morgan fingerprint density at radius 3 is 3.19 bits per heavy atom. The van der Waals surface area contributed by atoms with Gasteiger partial charge in [0.2, 0.25) is 0 Å². The molecule has 2 N–H and O–H groups in total. The summed E-state index contributed by atoms with van der Waals surface area (Å²) < 4.78 is 1.14. The molecule has 0 unspecified atom stereocenters. The Kier molecular flexibility index (Phi) is 4.07. The predicted octanol–water partition coefficient (Wildman–Crippen LogP) is 2.29. The first-order valence-electron chi connectivity index (χ1n) is 5.74. The average molecular weight is 284 g/mol. The van der Waals surface area contributed by atoms with Crippen LogP contribution in [0.4, 0.5) is 11.4 Å². The lowest BCUT2D eigenvalue weighted by atomic mass is 10.2. The fourth-order valence-corrected chi connectivity index (χ4v) is 2.41. The molecule has 0 aromatic heterocycles. The van der Waals surface area contributed by atoms with Crippen LogP contribution in [0.3, 0.4) is 0 Å². The number of fused-ring (bicyclic) bond motifs is 1. The normalized spacial score (nSPS) is 14.5. The topological polar surface area (TPSA) is 27.3 Å². The maximum atomic E-state index is 3.51.